The van der Waals surface area contributed by atoms with E-state index in [1.807, 2.05) is 0 Å². The maximum absolute atomic E-state index is 12.0. The lowest BCUT2D eigenvalue weighted by molar-refractivity contribution is 0.475. The molecule has 1 aromatic carbocycles. The number of hydrogen-bond acceptors (Lipinski definition) is 3. The Bertz CT molecular complexity index is 463. The van der Waals surface area contributed by atoms with Crippen molar-refractivity contribution >= 4 is 9.84 Å². The summed E-state index contributed by atoms with van der Waals surface area (Å²) in [6, 6.07) is 5.77. The number of sulfone groups is 1. The highest BCUT2D eigenvalue weighted by molar-refractivity contribution is 7.91. The molecule has 3 nitrogen and oxygen atoms in total. The van der Waals surface area contributed by atoms with Gasteiger partial charge in [0.25, 0.3) is 0 Å². The Balaban J connectivity index is 2.22. The monoisotopic (exact) mass is 298 g/mol. The molecule has 0 spiro atoms. The topological polar surface area (TPSA) is 54.4 Å². The summed E-state index contributed by atoms with van der Waals surface area (Å²) in [5.74, 6) is 0.295. The molecular weight excluding hydrogens is 272 g/mol. The minimum Gasteiger partial charge on any atom is -0.508 e. The van der Waals surface area contributed by atoms with Gasteiger partial charge in [0, 0.05) is 0 Å². The molecule has 4 heteroatoms. The highest BCUT2D eigenvalue weighted by Gasteiger charge is 2.13. The van der Waals surface area contributed by atoms with Gasteiger partial charge in [-0.3, -0.25) is 0 Å². The molecule has 0 heterocycles. The maximum atomic E-state index is 12.0. The third-order valence-corrected chi connectivity index (χ3v) is 5.28. The molecule has 0 aliphatic carbocycles. The van der Waals surface area contributed by atoms with Crippen molar-refractivity contribution in [3.8, 4) is 5.75 Å². The molecule has 0 aromatic heterocycles. The van der Waals surface area contributed by atoms with Crippen LogP contribution in [0.25, 0.3) is 0 Å². The summed E-state index contributed by atoms with van der Waals surface area (Å²) in [5, 5.41) is 9.16. The molecule has 0 bridgehead atoms. The standard InChI is InChI=1S/C16H26O3S/c1-2-3-4-5-6-7-8-9-14-20(18,19)16-12-10-15(17)11-13-16/h10-13,17H,2-9,14H2,1H3. The van der Waals surface area contributed by atoms with Gasteiger partial charge >= 0.3 is 0 Å². The number of phenolic OH excluding ortho intramolecular Hbond substituents is 1. The molecule has 0 saturated carbocycles. The molecule has 1 N–H and O–H groups in total. The van der Waals surface area contributed by atoms with Gasteiger partial charge in [-0.2, -0.15) is 0 Å². The van der Waals surface area contributed by atoms with Gasteiger partial charge in [-0.1, -0.05) is 51.9 Å². The smallest absolute Gasteiger partial charge is 0.178 e. The third-order valence-electron chi connectivity index (χ3n) is 3.46. The first-order valence-corrected chi connectivity index (χ1v) is 9.23. The number of rotatable bonds is 10. The molecule has 0 amide bonds. The van der Waals surface area contributed by atoms with E-state index in [1.54, 1.807) is 0 Å². The number of phenols is 1. The Morgan fingerprint density at radius 2 is 1.35 bits per heavy atom. The second-order valence-electron chi connectivity index (χ2n) is 5.29. The molecule has 0 unspecified atom stereocenters. The van der Waals surface area contributed by atoms with E-state index in [2.05, 4.69) is 6.92 Å². The van der Waals surface area contributed by atoms with Gasteiger partial charge in [0.1, 0.15) is 5.75 Å². The van der Waals surface area contributed by atoms with Crippen LogP contribution in [0.4, 0.5) is 0 Å². The van der Waals surface area contributed by atoms with E-state index in [0.29, 0.717) is 4.90 Å². The van der Waals surface area contributed by atoms with E-state index in [9.17, 15) is 8.42 Å². The summed E-state index contributed by atoms with van der Waals surface area (Å²) < 4.78 is 24.1. The molecule has 0 atom stereocenters. The predicted octanol–water partition coefficient (Wildman–Crippen LogP) is 4.31. The van der Waals surface area contributed by atoms with Crippen LogP contribution < -0.4 is 0 Å². The predicted molar refractivity (Wildman–Crippen MR) is 82.8 cm³/mol. The Morgan fingerprint density at radius 3 is 1.90 bits per heavy atom. The molecule has 0 aliphatic heterocycles. The van der Waals surface area contributed by atoms with Crippen LogP contribution in [-0.4, -0.2) is 19.3 Å². The quantitative estimate of drug-likeness (QED) is 0.655. The first-order chi connectivity index (χ1) is 9.56. The molecule has 1 rings (SSSR count). The summed E-state index contributed by atoms with van der Waals surface area (Å²) in [6.45, 7) is 2.20. The van der Waals surface area contributed by atoms with Crippen LogP contribution in [0, 0.1) is 0 Å². The SMILES string of the molecule is CCCCCCCCCCS(=O)(=O)c1ccc(O)cc1. The first-order valence-electron chi connectivity index (χ1n) is 7.58. The fourth-order valence-electron chi connectivity index (χ4n) is 2.20. The minimum absolute atomic E-state index is 0.0935. The molecule has 0 saturated heterocycles. The van der Waals surface area contributed by atoms with Crippen molar-refractivity contribution < 1.29 is 13.5 Å². The lowest BCUT2D eigenvalue weighted by Crippen LogP contribution is -2.06. The van der Waals surface area contributed by atoms with Gasteiger partial charge in [0.05, 0.1) is 10.6 Å². The van der Waals surface area contributed by atoms with Crippen molar-refractivity contribution in [3.05, 3.63) is 24.3 Å². The van der Waals surface area contributed by atoms with Gasteiger partial charge < -0.3 is 5.11 Å². The maximum Gasteiger partial charge on any atom is 0.178 e. The highest BCUT2D eigenvalue weighted by Crippen LogP contribution is 2.17. The third kappa shape index (κ3) is 6.42. The van der Waals surface area contributed by atoms with Crippen LogP contribution in [0.15, 0.2) is 29.2 Å². The van der Waals surface area contributed by atoms with E-state index in [-0.39, 0.29) is 11.5 Å². The van der Waals surface area contributed by atoms with Gasteiger partial charge in [-0.25, -0.2) is 8.42 Å². The lowest BCUT2D eigenvalue weighted by Gasteiger charge is -2.05. The number of unbranched alkanes of at least 4 members (excludes halogenated alkanes) is 7. The van der Waals surface area contributed by atoms with Gasteiger partial charge in [-0.15, -0.1) is 0 Å². The van der Waals surface area contributed by atoms with Gasteiger partial charge in [0.2, 0.25) is 0 Å². The fourth-order valence-corrected chi connectivity index (χ4v) is 3.57. The van der Waals surface area contributed by atoms with Crippen LogP contribution in [0.2, 0.25) is 0 Å². The average Bonchev–Trinajstić information content (AvgIpc) is 2.42. The van der Waals surface area contributed by atoms with Crippen molar-refractivity contribution in [2.75, 3.05) is 5.75 Å². The molecule has 0 aliphatic rings. The zero-order valence-corrected chi connectivity index (χ0v) is 13.2. The zero-order valence-electron chi connectivity index (χ0n) is 12.3. The summed E-state index contributed by atoms with van der Waals surface area (Å²) in [7, 11) is -3.19. The number of aromatic hydroxyl groups is 1. The second kappa shape index (κ2) is 9.01. The van der Waals surface area contributed by atoms with Gasteiger partial charge in [0.15, 0.2) is 9.84 Å². The van der Waals surface area contributed by atoms with Crippen molar-refractivity contribution in [2.45, 2.75) is 63.2 Å². The van der Waals surface area contributed by atoms with E-state index < -0.39 is 9.84 Å². The normalized spacial score (nSPS) is 11.7. The molecule has 0 radical (unpaired) electrons. The van der Waals surface area contributed by atoms with E-state index in [0.717, 1.165) is 19.3 Å². The van der Waals surface area contributed by atoms with Crippen molar-refractivity contribution in [2.24, 2.45) is 0 Å². The number of benzene rings is 1. The molecular formula is C16H26O3S. The molecule has 114 valence electrons. The van der Waals surface area contributed by atoms with Crippen LogP contribution in [-0.2, 0) is 9.84 Å². The second-order valence-corrected chi connectivity index (χ2v) is 7.40. The van der Waals surface area contributed by atoms with Crippen molar-refractivity contribution in [3.63, 3.8) is 0 Å². The summed E-state index contributed by atoms with van der Waals surface area (Å²) in [4.78, 5) is 0.304. The van der Waals surface area contributed by atoms with Gasteiger partial charge in [-0.05, 0) is 30.7 Å². The largest absolute Gasteiger partial charge is 0.508 e. The van der Waals surface area contributed by atoms with Crippen molar-refractivity contribution in [1.29, 1.82) is 0 Å². The fraction of sp³-hybridized carbons (Fsp3) is 0.625. The van der Waals surface area contributed by atoms with E-state index in [1.165, 1.54) is 56.4 Å². The lowest BCUT2D eigenvalue weighted by atomic mass is 10.1. The average molecular weight is 298 g/mol. The minimum atomic E-state index is -3.19. The zero-order chi connectivity index (χ0) is 14.8. The Kier molecular flexibility index (Phi) is 7.67. The Hall–Kier alpha value is -1.03. The molecule has 1 aromatic rings. The molecule has 0 fully saturated rings. The Morgan fingerprint density at radius 1 is 0.850 bits per heavy atom. The van der Waals surface area contributed by atoms with Crippen LogP contribution in [0.3, 0.4) is 0 Å². The summed E-state index contributed by atoms with van der Waals surface area (Å²) >= 11 is 0. The Labute approximate surface area is 123 Å². The summed E-state index contributed by atoms with van der Waals surface area (Å²) in [6.07, 6.45) is 9.13. The highest BCUT2D eigenvalue weighted by atomic mass is 32.2. The van der Waals surface area contributed by atoms with E-state index in [4.69, 9.17) is 5.11 Å². The van der Waals surface area contributed by atoms with Crippen LogP contribution in [0.5, 0.6) is 5.75 Å². The summed E-state index contributed by atoms with van der Waals surface area (Å²) in [5.41, 5.74) is 0. The van der Waals surface area contributed by atoms with Crippen LogP contribution >= 0.6 is 0 Å². The molecule has 20 heavy (non-hydrogen) atoms. The van der Waals surface area contributed by atoms with Crippen LogP contribution in [0.1, 0.15) is 58.3 Å². The first kappa shape index (κ1) is 17.0. The van der Waals surface area contributed by atoms with E-state index >= 15 is 0 Å². The van der Waals surface area contributed by atoms with Crippen molar-refractivity contribution in [1.82, 2.24) is 0 Å². The number of hydrogen-bond donors (Lipinski definition) is 1.